The number of hydrogen-bond acceptors (Lipinski definition) is 3. The fraction of sp³-hybridized carbons (Fsp3) is 0.333. The van der Waals surface area contributed by atoms with E-state index < -0.39 is 0 Å². The number of hydrogen-bond donors (Lipinski definition) is 1. The number of anilines is 1. The quantitative estimate of drug-likeness (QED) is 0.826. The summed E-state index contributed by atoms with van der Waals surface area (Å²) >= 11 is 3.75. The summed E-state index contributed by atoms with van der Waals surface area (Å²) in [7, 11) is 3.38. The van der Waals surface area contributed by atoms with E-state index in [1.54, 1.807) is 19.0 Å². The van der Waals surface area contributed by atoms with Crippen LogP contribution in [0.15, 0.2) is 18.2 Å². The van der Waals surface area contributed by atoms with E-state index in [-0.39, 0.29) is 17.8 Å². The molecule has 1 aromatic rings. The highest BCUT2D eigenvalue weighted by molar-refractivity contribution is 7.96. The molecule has 0 spiro atoms. The fourth-order valence-corrected chi connectivity index (χ4v) is 1.83. The number of rotatable bonds is 2. The molecule has 2 amide bonds. The molecule has 1 aliphatic rings. The molecule has 18 heavy (non-hydrogen) atoms. The number of carbonyl (C=O) groups excluding carboxylic acids is 2. The van der Waals surface area contributed by atoms with Crippen LogP contribution in [0.5, 0.6) is 5.75 Å². The van der Waals surface area contributed by atoms with Crippen LogP contribution in [0.2, 0.25) is 0 Å². The van der Waals surface area contributed by atoms with Gasteiger partial charge in [0.1, 0.15) is 5.75 Å². The van der Waals surface area contributed by atoms with Crippen LogP contribution in [0, 0.1) is 0 Å². The van der Waals surface area contributed by atoms with Crippen molar-refractivity contribution in [3.63, 3.8) is 0 Å². The lowest BCUT2D eigenvalue weighted by Crippen LogP contribution is -2.35. The van der Waals surface area contributed by atoms with E-state index >= 15 is 0 Å². The first kappa shape index (κ1) is 12.8. The third-order valence-corrected chi connectivity index (χ3v) is 3.20. The van der Waals surface area contributed by atoms with E-state index in [0.29, 0.717) is 12.3 Å². The summed E-state index contributed by atoms with van der Waals surface area (Å²) in [4.78, 5) is 25.6. The summed E-state index contributed by atoms with van der Waals surface area (Å²) in [6.45, 7) is 0.509. The number of fused-ring (bicyclic) bond motifs is 1. The Morgan fingerprint density at radius 1 is 1.56 bits per heavy atom. The Balaban J connectivity index is 2.26. The molecule has 0 aliphatic carbocycles. The molecule has 0 aromatic heterocycles. The summed E-state index contributed by atoms with van der Waals surface area (Å²) < 4.78 is 5.33. The summed E-state index contributed by atoms with van der Waals surface area (Å²) in [5, 5.41) is -0.298. The van der Waals surface area contributed by atoms with Gasteiger partial charge in [-0.3, -0.25) is 9.59 Å². The molecule has 0 saturated carbocycles. The Morgan fingerprint density at radius 2 is 2.28 bits per heavy atom. The van der Waals surface area contributed by atoms with Gasteiger partial charge in [-0.25, -0.2) is 0 Å². The topological polar surface area (TPSA) is 49.9 Å². The molecule has 0 atom stereocenters. The second-order valence-corrected chi connectivity index (χ2v) is 4.56. The lowest BCUT2D eigenvalue weighted by molar-refractivity contribution is -0.120. The first-order valence-corrected chi connectivity index (χ1v) is 5.90. The maximum Gasteiger partial charge on any atom is 0.278 e. The fourth-order valence-electron chi connectivity index (χ4n) is 1.76. The second-order valence-electron chi connectivity index (χ2n) is 4.18. The van der Waals surface area contributed by atoms with Crippen LogP contribution in [-0.4, -0.2) is 36.7 Å². The number of ether oxygens (including phenoxy) is 1. The average Bonchev–Trinajstić information content (AvgIpc) is 2.34. The van der Waals surface area contributed by atoms with Gasteiger partial charge in [0, 0.05) is 20.6 Å². The standard InChI is InChI=1S/C12H14N2O3S/c1-13(12(16)18)6-8-3-4-10-9(5-8)14(2)11(15)7-17-10/h3-5H,6-7H2,1-2H3,(H,16,18). The monoisotopic (exact) mass is 266 g/mol. The normalized spacial score (nSPS) is 13.9. The van der Waals surface area contributed by atoms with Crippen LogP contribution in [-0.2, 0) is 11.3 Å². The molecule has 0 N–H and O–H groups in total. The number of nitrogens with zero attached hydrogens (tertiary/aromatic N) is 2. The molecule has 0 radical (unpaired) electrons. The van der Waals surface area contributed by atoms with Crippen LogP contribution < -0.4 is 9.64 Å². The summed E-state index contributed by atoms with van der Waals surface area (Å²) in [6, 6.07) is 5.53. The minimum Gasteiger partial charge on any atom is -0.482 e. The number of likely N-dealkylation sites (N-methyl/N-ethyl adjacent to an activating group) is 1. The van der Waals surface area contributed by atoms with Gasteiger partial charge < -0.3 is 14.5 Å². The summed E-state index contributed by atoms with van der Waals surface area (Å²) in [6.07, 6.45) is 0. The molecular weight excluding hydrogens is 252 g/mol. The van der Waals surface area contributed by atoms with E-state index in [0.717, 1.165) is 11.3 Å². The molecular formula is C12H14N2O3S. The van der Waals surface area contributed by atoms with Crippen molar-refractivity contribution < 1.29 is 14.3 Å². The Labute approximate surface area is 111 Å². The van der Waals surface area contributed by atoms with Gasteiger partial charge in [0.25, 0.3) is 11.1 Å². The number of carbonyl (C=O) groups is 2. The second kappa shape index (κ2) is 4.89. The first-order valence-electron chi connectivity index (χ1n) is 5.45. The summed E-state index contributed by atoms with van der Waals surface area (Å²) in [5.74, 6) is 0.596. The van der Waals surface area contributed by atoms with Gasteiger partial charge in [-0.15, -0.1) is 0 Å². The number of thiol groups is 1. The van der Waals surface area contributed by atoms with Crippen molar-refractivity contribution in [3.05, 3.63) is 23.8 Å². The van der Waals surface area contributed by atoms with Crippen molar-refractivity contribution in [2.45, 2.75) is 6.54 Å². The minimum atomic E-state index is -0.298. The van der Waals surface area contributed by atoms with E-state index in [4.69, 9.17) is 4.74 Å². The van der Waals surface area contributed by atoms with Gasteiger partial charge in [0.15, 0.2) is 6.61 Å². The molecule has 0 fully saturated rings. The van der Waals surface area contributed by atoms with Gasteiger partial charge in [0.2, 0.25) is 0 Å². The van der Waals surface area contributed by atoms with Crippen molar-refractivity contribution in [3.8, 4) is 5.75 Å². The first-order chi connectivity index (χ1) is 8.49. The molecule has 1 heterocycles. The lowest BCUT2D eigenvalue weighted by Gasteiger charge is -2.26. The Hall–Kier alpha value is -1.69. The maximum atomic E-state index is 11.5. The molecule has 0 saturated heterocycles. The zero-order valence-corrected chi connectivity index (χ0v) is 11.1. The van der Waals surface area contributed by atoms with Crippen molar-refractivity contribution in [2.75, 3.05) is 25.6 Å². The van der Waals surface area contributed by atoms with E-state index in [1.165, 1.54) is 4.90 Å². The van der Waals surface area contributed by atoms with Crippen molar-refractivity contribution >= 4 is 29.5 Å². The predicted molar refractivity (Wildman–Crippen MR) is 71.2 cm³/mol. The van der Waals surface area contributed by atoms with Gasteiger partial charge in [-0.2, -0.15) is 0 Å². The molecule has 96 valence electrons. The van der Waals surface area contributed by atoms with Crippen LogP contribution >= 0.6 is 12.6 Å². The molecule has 5 nitrogen and oxygen atoms in total. The third-order valence-electron chi connectivity index (χ3n) is 2.86. The Morgan fingerprint density at radius 3 is 2.94 bits per heavy atom. The van der Waals surface area contributed by atoms with Crippen LogP contribution in [0.3, 0.4) is 0 Å². The van der Waals surface area contributed by atoms with Crippen molar-refractivity contribution in [1.29, 1.82) is 0 Å². The molecule has 2 rings (SSSR count). The lowest BCUT2D eigenvalue weighted by atomic mass is 10.1. The number of amides is 2. The molecule has 1 aromatic carbocycles. The minimum absolute atomic E-state index is 0.0673. The molecule has 0 bridgehead atoms. The van der Waals surface area contributed by atoms with Gasteiger partial charge in [0.05, 0.1) is 5.69 Å². The largest absolute Gasteiger partial charge is 0.482 e. The highest BCUT2D eigenvalue weighted by atomic mass is 32.1. The van der Waals surface area contributed by atoms with Gasteiger partial charge >= 0.3 is 0 Å². The van der Waals surface area contributed by atoms with E-state index in [2.05, 4.69) is 12.6 Å². The van der Waals surface area contributed by atoms with E-state index in [9.17, 15) is 9.59 Å². The average molecular weight is 266 g/mol. The Kier molecular flexibility index (Phi) is 3.47. The van der Waals surface area contributed by atoms with Crippen LogP contribution in [0.4, 0.5) is 10.5 Å². The van der Waals surface area contributed by atoms with Crippen LogP contribution in [0.1, 0.15) is 5.56 Å². The highest BCUT2D eigenvalue weighted by Crippen LogP contribution is 2.32. The highest BCUT2D eigenvalue weighted by Gasteiger charge is 2.22. The Bertz CT molecular complexity index is 504. The van der Waals surface area contributed by atoms with Gasteiger partial charge in [-0.05, 0) is 17.7 Å². The van der Waals surface area contributed by atoms with Crippen molar-refractivity contribution in [1.82, 2.24) is 4.90 Å². The van der Waals surface area contributed by atoms with E-state index in [1.807, 2.05) is 18.2 Å². The predicted octanol–water partition coefficient (Wildman–Crippen LogP) is 1.52. The van der Waals surface area contributed by atoms with Crippen molar-refractivity contribution in [2.24, 2.45) is 0 Å². The molecule has 6 heteroatoms. The van der Waals surface area contributed by atoms with Gasteiger partial charge in [-0.1, -0.05) is 18.7 Å². The zero-order chi connectivity index (χ0) is 13.3. The maximum absolute atomic E-state index is 11.5. The molecule has 0 unspecified atom stereocenters. The zero-order valence-electron chi connectivity index (χ0n) is 10.2. The molecule has 1 aliphatic heterocycles. The third kappa shape index (κ3) is 2.43. The number of benzene rings is 1. The SMILES string of the molecule is CN(Cc1ccc2c(c1)N(C)C(=O)CO2)C(=O)S. The summed E-state index contributed by atoms with van der Waals surface area (Å²) in [5.41, 5.74) is 1.65. The van der Waals surface area contributed by atoms with Crippen LogP contribution in [0.25, 0.3) is 0 Å². The smallest absolute Gasteiger partial charge is 0.278 e.